The van der Waals surface area contributed by atoms with Crippen LogP contribution in [-0.4, -0.2) is 18.2 Å². The topological polar surface area (TPSA) is 64.3 Å². The summed E-state index contributed by atoms with van der Waals surface area (Å²) in [7, 11) is 0. The van der Waals surface area contributed by atoms with Gasteiger partial charge in [0.25, 0.3) is 0 Å². The average Bonchev–Trinajstić information content (AvgIpc) is 2.28. The lowest BCUT2D eigenvalue weighted by Gasteiger charge is -2.20. The summed E-state index contributed by atoms with van der Waals surface area (Å²) in [6.45, 7) is 9.68. The molecule has 0 heterocycles. The molecule has 0 aliphatic heterocycles. The molecule has 4 nitrogen and oxygen atoms in total. The molecule has 104 valence electrons. The Balaban J connectivity index is 2.88. The number of hydrogen-bond acceptors (Lipinski definition) is 3. The summed E-state index contributed by atoms with van der Waals surface area (Å²) in [5.74, 6) is 0. The van der Waals surface area contributed by atoms with Crippen molar-refractivity contribution in [2.24, 2.45) is 5.73 Å². The van der Waals surface area contributed by atoms with E-state index in [1.807, 2.05) is 39.0 Å². The fourth-order valence-electron chi connectivity index (χ4n) is 1.37. The lowest BCUT2D eigenvalue weighted by molar-refractivity contribution is 0.0636. The number of benzene rings is 1. The zero-order valence-electron chi connectivity index (χ0n) is 11.4. The Morgan fingerprint density at radius 2 is 2.11 bits per heavy atom. The van der Waals surface area contributed by atoms with Crippen molar-refractivity contribution in [3.8, 4) is 0 Å². The normalized spacial score (nSPS) is 11.0. The van der Waals surface area contributed by atoms with Crippen molar-refractivity contribution in [2.45, 2.75) is 26.4 Å². The molecule has 1 aromatic carbocycles. The molecule has 0 aromatic heterocycles. The molecule has 3 N–H and O–H groups in total. The molecule has 19 heavy (non-hydrogen) atoms. The van der Waals surface area contributed by atoms with Crippen LogP contribution in [0.5, 0.6) is 0 Å². The van der Waals surface area contributed by atoms with Crippen LogP contribution in [-0.2, 0) is 4.74 Å². The van der Waals surface area contributed by atoms with Gasteiger partial charge in [0.05, 0.1) is 5.69 Å². The van der Waals surface area contributed by atoms with Crippen LogP contribution < -0.4 is 11.1 Å². The summed E-state index contributed by atoms with van der Waals surface area (Å²) in [5, 5.41) is 2.70. The summed E-state index contributed by atoms with van der Waals surface area (Å²) in [4.78, 5) is 11.7. The highest BCUT2D eigenvalue weighted by atomic mass is 79.9. The number of ether oxygens (including phenoxy) is 1. The van der Waals surface area contributed by atoms with Crippen LogP contribution in [0.15, 0.2) is 29.3 Å². The van der Waals surface area contributed by atoms with E-state index in [2.05, 4.69) is 27.8 Å². The molecule has 0 saturated carbocycles. The Morgan fingerprint density at radius 1 is 1.47 bits per heavy atom. The molecule has 0 fully saturated rings. The van der Waals surface area contributed by atoms with Crippen LogP contribution in [0.4, 0.5) is 10.5 Å². The van der Waals surface area contributed by atoms with Crippen molar-refractivity contribution < 1.29 is 9.53 Å². The number of anilines is 1. The molecule has 1 aromatic rings. The molecule has 0 unspecified atom stereocenters. The molecule has 1 amide bonds. The Kier molecular flexibility index (Phi) is 5.14. The number of hydrogen-bond donors (Lipinski definition) is 2. The first-order chi connectivity index (χ1) is 8.73. The van der Waals surface area contributed by atoms with E-state index < -0.39 is 11.7 Å². The van der Waals surface area contributed by atoms with Gasteiger partial charge >= 0.3 is 6.09 Å². The van der Waals surface area contributed by atoms with E-state index in [0.717, 1.165) is 15.6 Å². The molecule has 5 heteroatoms. The van der Waals surface area contributed by atoms with Gasteiger partial charge in [0, 0.05) is 11.0 Å². The quantitative estimate of drug-likeness (QED) is 0.888. The number of nitrogens with two attached hydrogens (primary N) is 1. The molecule has 0 aliphatic rings. The van der Waals surface area contributed by atoms with E-state index in [1.165, 1.54) is 0 Å². The number of carbonyl (C=O) groups is 1. The monoisotopic (exact) mass is 326 g/mol. The second kappa shape index (κ2) is 6.21. The zero-order chi connectivity index (χ0) is 14.6. The van der Waals surface area contributed by atoms with E-state index in [9.17, 15) is 4.79 Å². The minimum Gasteiger partial charge on any atom is -0.444 e. The van der Waals surface area contributed by atoms with Crippen molar-refractivity contribution in [3.05, 3.63) is 34.8 Å². The molecule has 0 radical (unpaired) electrons. The van der Waals surface area contributed by atoms with Crippen LogP contribution in [0.3, 0.4) is 0 Å². The van der Waals surface area contributed by atoms with Gasteiger partial charge in [-0.05, 0) is 60.0 Å². The van der Waals surface area contributed by atoms with Crippen molar-refractivity contribution in [3.63, 3.8) is 0 Å². The van der Waals surface area contributed by atoms with Crippen LogP contribution in [0.1, 0.15) is 26.3 Å². The highest BCUT2D eigenvalue weighted by Crippen LogP contribution is 2.26. The molecular formula is C14H19BrN2O2. The van der Waals surface area contributed by atoms with Crippen LogP contribution in [0.25, 0.3) is 5.57 Å². The van der Waals surface area contributed by atoms with Gasteiger partial charge in [-0.2, -0.15) is 0 Å². The predicted octanol–water partition coefficient (Wildman–Crippen LogP) is 3.77. The smallest absolute Gasteiger partial charge is 0.412 e. The van der Waals surface area contributed by atoms with Crippen molar-refractivity contribution in [2.75, 3.05) is 11.9 Å². The minimum absolute atomic E-state index is 0.369. The largest absolute Gasteiger partial charge is 0.444 e. The maximum atomic E-state index is 11.7. The Hall–Kier alpha value is -1.33. The summed E-state index contributed by atoms with van der Waals surface area (Å²) in [6, 6.07) is 5.53. The van der Waals surface area contributed by atoms with Gasteiger partial charge in [0.1, 0.15) is 5.60 Å². The first-order valence-electron chi connectivity index (χ1n) is 5.90. The lowest BCUT2D eigenvalue weighted by atomic mass is 10.1. The molecule has 0 saturated heterocycles. The number of nitrogens with one attached hydrogen (secondary N) is 1. The van der Waals surface area contributed by atoms with Crippen LogP contribution >= 0.6 is 15.9 Å². The van der Waals surface area contributed by atoms with E-state index in [0.29, 0.717) is 12.2 Å². The first-order valence-corrected chi connectivity index (χ1v) is 6.70. The molecular weight excluding hydrogens is 308 g/mol. The maximum absolute atomic E-state index is 11.7. The third-order valence-corrected chi connectivity index (χ3v) is 2.95. The van der Waals surface area contributed by atoms with Crippen molar-refractivity contribution >= 4 is 33.3 Å². The van der Waals surface area contributed by atoms with E-state index in [4.69, 9.17) is 10.5 Å². The maximum Gasteiger partial charge on any atom is 0.412 e. The number of rotatable bonds is 3. The van der Waals surface area contributed by atoms with Gasteiger partial charge in [-0.3, -0.25) is 5.32 Å². The molecule has 0 atom stereocenters. The molecule has 0 bridgehead atoms. The molecule has 0 aliphatic carbocycles. The number of halogens is 1. The highest BCUT2D eigenvalue weighted by Gasteiger charge is 2.17. The van der Waals surface area contributed by atoms with Gasteiger partial charge < -0.3 is 10.5 Å². The Labute approximate surface area is 122 Å². The van der Waals surface area contributed by atoms with Crippen molar-refractivity contribution in [1.29, 1.82) is 0 Å². The lowest BCUT2D eigenvalue weighted by Crippen LogP contribution is -2.27. The first kappa shape index (κ1) is 15.7. The average molecular weight is 327 g/mol. The Bertz CT molecular complexity index is 493. The third kappa shape index (κ3) is 5.04. The number of amides is 1. The summed E-state index contributed by atoms with van der Waals surface area (Å²) in [5.41, 5.74) is 7.34. The van der Waals surface area contributed by atoms with E-state index >= 15 is 0 Å². The summed E-state index contributed by atoms with van der Waals surface area (Å²) < 4.78 is 5.98. The molecule has 0 spiro atoms. The van der Waals surface area contributed by atoms with Crippen molar-refractivity contribution in [1.82, 2.24) is 0 Å². The second-order valence-corrected chi connectivity index (χ2v) is 5.98. The van der Waals surface area contributed by atoms with E-state index in [-0.39, 0.29) is 0 Å². The summed E-state index contributed by atoms with van der Waals surface area (Å²) in [6.07, 6.45) is -0.497. The van der Waals surface area contributed by atoms with Gasteiger partial charge in [-0.25, -0.2) is 4.79 Å². The summed E-state index contributed by atoms with van der Waals surface area (Å²) >= 11 is 3.38. The van der Waals surface area contributed by atoms with Gasteiger partial charge in [-0.15, -0.1) is 0 Å². The fourth-order valence-corrected chi connectivity index (χ4v) is 1.72. The van der Waals surface area contributed by atoms with Gasteiger partial charge in [0.15, 0.2) is 0 Å². The standard InChI is InChI=1S/C14H19BrN2O2/c1-9(8-16)10-5-6-11(15)12(7-10)17-13(18)19-14(2,3)4/h5-7H,1,8,16H2,2-4H3,(H,17,18). The highest BCUT2D eigenvalue weighted by molar-refractivity contribution is 9.10. The molecule has 1 rings (SSSR count). The fraction of sp³-hybridized carbons (Fsp3) is 0.357. The van der Waals surface area contributed by atoms with Crippen LogP contribution in [0, 0.1) is 0 Å². The van der Waals surface area contributed by atoms with Gasteiger partial charge in [-0.1, -0.05) is 12.6 Å². The zero-order valence-corrected chi connectivity index (χ0v) is 13.0. The Morgan fingerprint density at radius 3 is 2.63 bits per heavy atom. The SMILES string of the molecule is C=C(CN)c1ccc(Br)c(NC(=O)OC(C)(C)C)c1. The second-order valence-electron chi connectivity index (χ2n) is 5.13. The minimum atomic E-state index is -0.533. The van der Waals surface area contributed by atoms with E-state index in [1.54, 1.807) is 0 Å². The number of carbonyl (C=O) groups excluding carboxylic acids is 1. The van der Waals surface area contributed by atoms with Crippen LogP contribution in [0.2, 0.25) is 0 Å². The predicted molar refractivity (Wildman–Crippen MR) is 82.1 cm³/mol. The van der Waals surface area contributed by atoms with Gasteiger partial charge in [0.2, 0.25) is 0 Å². The third-order valence-electron chi connectivity index (χ3n) is 2.26.